The van der Waals surface area contributed by atoms with Crippen LogP contribution in [-0.2, 0) is 6.18 Å². The number of ether oxygens (including phenoxy) is 1. The van der Waals surface area contributed by atoms with Crippen molar-refractivity contribution in [3.63, 3.8) is 0 Å². The Labute approximate surface area is 180 Å². The van der Waals surface area contributed by atoms with E-state index < -0.39 is 29.9 Å². The Kier molecular flexibility index (Phi) is 5.55. The van der Waals surface area contributed by atoms with Gasteiger partial charge in [-0.1, -0.05) is 0 Å². The number of carbonyl (C=O) groups excluding carboxylic acids is 1. The Morgan fingerprint density at radius 2 is 2.00 bits per heavy atom. The van der Waals surface area contributed by atoms with Gasteiger partial charge in [-0.3, -0.25) is 4.79 Å². The summed E-state index contributed by atoms with van der Waals surface area (Å²) in [7, 11) is 1.33. The molecule has 0 saturated heterocycles. The number of pyridine rings is 1. The highest BCUT2D eigenvalue weighted by Gasteiger charge is 2.34. The molecule has 4 N–H and O–H groups in total. The van der Waals surface area contributed by atoms with Crippen molar-refractivity contribution < 1.29 is 32.2 Å². The summed E-state index contributed by atoms with van der Waals surface area (Å²) in [6.45, 7) is 1.62. The van der Waals surface area contributed by atoms with Crippen LogP contribution in [0.4, 0.5) is 13.2 Å². The largest absolute Gasteiger partial charge is 0.494 e. The van der Waals surface area contributed by atoms with Crippen LogP contribution in [0.2, 0.25) is 0 Å². The van der Waals surface area contributed by atoms with Gasteiger partial charge >= 0.3 is 6.18 Å². The van der Waals surface area contributed by atoms with E-state index in [1.807, 2.05) is 0 Å². The number of hydrogen-bond acceptors (Lipinski definition) is 7. The number of nitrogens with one attached hydrogen (secondary N) is 1. The summed E-state index contributed by atoms with van der Waals surface area (Å²) in [5.74, 6) is -0.193. The zero-order valence-electron chi connectivity index (χ0n) is 17.2. The number of benzene rings is 1. The second-order valence-corrected chi connectivity index (χ2v) is 7.72. The molecule has 32 heavy (non-hydrogen) atoms. The highest BCUT2D eigenvalue weighted by Crippen LogP contribution is 2.37. The number of halogens is 3. The fraction of sp³-hybridized carbons (Fsp3) is 0.381. The summed E-state index contributed by atoms with van der Waals surface area (Å²) in [5.41, 5.74) is 5.20. The summed E-state index contributed by atoms with van der Waals surface area (Å²) in [4.78, 5) is 20.7. The van der Waals surface area contributed by atoms with Gasteiger partial charge < -0.3 is 25.3 Å². The number of carbonyl (C=O) groups is 1. The fourth-order valence-electron chi connectivity index (χ4n) is 3.58. The molecule has 0 aliphatic heterocycles. The molecule has 11 heteroatoms. The molecule has 1 aromatic carbocycles. The van der Waals surface area contributed by atoms with Crippen LogP contribution in [0.1, 0.15) is 47.7 Å². The van der Waals surface area contributed by atoms with Crippen molar-refractivity contribution in [3.05, 3.63) is 41.4 Å². The van der Waals surface area contributed by atoms with Crippen LogP contribution in [0.3, 0.4) is 0 Å². The van der Waals surface area contributed by atoms with E-state index in [2.05, 4.69) is 15.3 Å². The van der Waals surface area contributed by atoms with E-state index in [9.17, 15) is 23.1 Å². The van der Waals surface area contributed by atoms with E-state index in [-0.39, 0.29) is 34.7 Å². The first-order valence-electron chi connectivity index (χ1n) is 9.89. The van der Waals surface area contributed by atoms with Crippen LogP contribution < -0.4 is 15.8 Å². The van der Waals surface area contributed by atoms with Gasteiger partial charge in [0.25, 0.3) is 5.91 Å². The number of aromatic nitrogens is 2. The van der Waals surface area contributed by atoms with Gasteiger partial charge in [0.1, 0.15) is 17.0 Å². The van der Waals surface area contributed by atoms with Gasteiger partial charge in [0.15, 0.2) is 11.5 Å². The number of amides is 1. The molecule has 1 atom stereocenters. The second kappa shape index (κ2) is 8.06. The summed E-state index contributed by atoms with van der Waals surface area (Å²) in [6, 6.07) is 4.30. The molecular formula is C21H21F3N4O4. The minimum Gasteiger partial charge on any atom is -0.494 e. The van der Waals surface area contributed by atoms with E-state index in [0.29, 0.717) is 23.8 Å². The van der Waals surface area contributed by atoms with Gasteiger partial charge in [0.05, 0.1) is 19.3 Å². The van der Waals surface area contributed by atoms with Gasteiger partial charge in [-0.15, -0.1) is 0 Å². The molecule has 2 heterocycles. The SMILES string of the molecule is COc1ccc(-c2nc(C(=O)NC3CC(O)C3)c([C@H](C)N)o2)c2ccc(C(F)(F)F)nc12. The van der Waals surface area contributed by atoms with E-state index >= 15 is 0 Å². The summed E-state index contributed by atoms with van der Waals surface area (Å²) in [6.07, 6.45) is -4.18. The van der Waals surface area contributed by atoms with Crippen LogP contribution in [0, 0.1) is 0 Å². The molecule has 2 aromatic heterocycles. The smallest absolute Gasteiger partial charge is 0.433 e. The van der Waals surface area contributed by atoms with E-state index in [1.165, 1.54) is 19.2 Å². The zero-order valence-corrected chi connectivity index (χ0v) is 17.2. The number of nitrogens with zero attached hydrogens (tertiary/aromatic N) is 2. The lowest BCUT2D eigenvalue weighted by Gasteiger charge is -2.31. The second-order valence-electron chi connectivity index (χ2n) is 7.72. The molecule has 0 radical (unpaired) electrons. The Morgan fingerprint density at radius 1 is 1.28 bits per heavy atom. The van der Waals surface area contributed by atoms with E-state index in [1.54, 1.807) is 13.0 Å². The molecule has 4 rings (SSSR count). The van der Waals surface area contributed by atoms with Crippen molar-refractivity contribution in [2.75, 3.05) is 7.11 Å². The molecule has 1 saturated carbocycles. The van der Waals surface area contributed by atoms with Crippen LogP contribution in [0.25, 0.3) is 22.4 Å². The summed E-state index contributed by atoms with van der Waals surface area (Å²) < 4.78 is 50.4. The van der Waals surface area contributed by atoms with Gasteiger partial charge in [-0.25, -0.2) is 9.97 Å². The molecule has 0 spiro atoms. The molecule has 1 amide bonds. The molecule has 1 aliphatic carbocycles. The maximum absolute atomic E-state index is 13.2. The van der Waals surface area contributed by atoms with Crippen LogP contribution in [0.5, 0.6) is 5.75 Å². The first-order valence-corrected chi connectivity index (χ1v) is 9.89. The number of aliphatic hydroxyl groups excluding tert-OH is 1. The van der Waals surface area contributed by atoms with Gasteiger partial charge in [-0.2, -0.15) is 13.2 Å². The number of alkyl halides is 3. The molecule has 1 aliphatic rings. The number of methoxy groups -OCH3 is 1. The van der Waals surface area contributed by atoms with Gasteiger partial charge in [0.2, 0.25) is 5.89 Å². The lowest BCUT2D eigenvalue weighted by Crippen LogP contribution is -2.47. The highest BCUT2D eigenvalue weighted by atomic mass is 19.4. The number of rotatable bonds is 5. The lowest BCUT2D eigenvalue weighted by atomic mass is 9.89. The van der Waals surface area contributed by atoms with Crippen molar-refractivity contribution in [2.24, 2.45) is 5.73 Å². The monoisotopic (exact) mass is 450 g/mol. The summed E-state index contributed by atoms with van der Waals surface area (Å²) in [5, 5.41) is 12.5. The van der Waals surface area contributed by atoms with Crippen LogP contribution >= 0.6 is 0 Å². The van der Waals surface area contributed by atoms with Crippen molar-refractivity contribution >= 4 is 16.8 Å². The third-order valence-electron chi connectivity index (χ3n) is 5.29. The normalized spacial score (nSPS) is 19.5. The quantitative estimate of drug-likeness (QED) is 0.545. The fourth-order valence-corrected chi connectivity index (χ4v) is 3.58. The highest BCUT2D eigenvalue weighted by molar-refractivity contribution is 5.98. The predicted octanol–water partition coefficient (Wildman–Crippen LogP) is 3.19. The molecule has 8 nitrogen and oxygen atoms in total. The first kappa shape index (κ1) is 22.0. The predicted molar refractivity (Wildman–Crippen MR) is 108 cm³/mol. The van der Waals surface area contributed by atoms with Crippen LogP contribution in [0.15, 0.2) is 28.7 Å². The minimum absolute atomic E-state index is 0.0137. The first-order chi connectivity index (χ1) is 15.1. The Morgan fingerprint density at radius 3 is 2.59 bits per heavy atom. The zero-order chi connectivity index (χ0) is 23.2. The molecule has 0 bridgehead atoms. The molecule has 1 fully saturated rings. The number of aliphatic hydroxyl groups is 1. The molecule has 3 aromatic rings. The standard InChI is InChI=1S/C21H21F3N4O4/c1-9(25)18-17(19(30)26-10-7-11(29)8-10)28-20(32-18)13-3-5-14(31-2)16-12(13)4-6-15(27-16)21(22,23)24/h3-6,9-11,29H,7-8,25H2,1-2H3,(H,26,30)/t9-,10?,11?/m0/s1. The maximum Gasteiger partial charge on any atom is 0.433 e. The van der Waals surface area contributed by atoms with Crippen molar-refractivity contribution in [2.45, 2.75) is 44.1 Å². The van der Waals surface area contributed by atoms with Gasteiger partial charge in [-0.05, 0) is 44.0 Å². The Bertz CT molecular complexity index is 1170. The minimum atomic E-state index is -4.62. The lowest BCUT2D eigenvalue weighted by molar-refractivity contribution is -0.140. The average Bonchev–Trinajstić information content (AvgIpc) is 3.16. The maximum atomic E-state index is 13.2. The van der Waals surface area contributed by atoms with Crippen molar-refractivity contribution in [1.29, 1.82) is 0 Å². The third kappa shape index (κ3) is 4.00. The third-order valence-corrected chi connectivity index (χ3v) is 5.29. The van der Waals surface area contributed by atoms with Crippen LogP contribution in [-0.4, -0.2) is 40.2 Å². The molecule has 0 unspecified atom stereocenters. The average molecular weight is 450 g/mol. The number of oxazole rings is 1. The van der Waals surface area contributed by atoms with E-state index in [0.717, 1.165) is 6.07 Å². The van der Waals surface area contributed by atoms with Crippen molar-refractivity contribution in [3.8, 4) is 17.2 Å². The topological polar surface area (TPSA) is 124 Å². The van der Waals surface area contributed by atoms with E-state index in [4.69, 9.17) is 14.9 Å². The number of hydrogen-bond donors (Lipinski definition) is 3. The number of fused-ring (bicyclic) bond motifs is 1. The number of nitrogens with two attached hydrogens (primary N) is 1. The molecular weight excluding hydrogens is 429 g/mol. The van der Waals surface area contributed by atoms with Crippen molar-refractivity contribution in [1.82, 2.24) is 15.3 Å². The molecule has 170 valence electrons. The van der Waals surface area contributed by atoms with Gasteiger partial charge in [0, 0.05) is 17.0 Å². The Hall–Kier alpha value is -3.18. The Balaban J connectivity index is 1.79. The summed E-state index contributed by atoms with van der Waals surface area (Å²) >= 11 is 0.